The monoisotopic (exact) mass is 264 g/mol. The van der Waals surface area contributed by atoms with Crippen molar-refractivity contribution < 1.29 is 9.32 Å². The fourth-order valence-corrected chi connectivity index (χ4v) is 1.52. The van der Waals surface area contributed by atoms with Crippen LogP contribution in [0.3, 0.4) is 0 Å². The first-order chi connectivity index (χ1) is 8.56. The second kappa shape index (κ2) is 5.23. The topological polar surface area (TPSA) is 55.1 Å². The number of carbonyl (C=O) groups is 1. The zero-order valence-electron chi connectivity index (χ0n) is 10.1. The molecule has 4 nitrogen and oxygen atoms in total. The first kappa shape index (κ1) is 12.6. The van der Waals surface area contributed by atoms with Crippen molar-refractivity contribution in [2.24, 2.45) is 0 Å². The van der Waals surface area contributed by atoms with Crippen molar-refractivity contribution >= 4 is 23.2 Å². The Morgan fingerprint density at radius 2 is 2.00 bits per heavy atom. The molecule has 94 valence electrons. The molecule has 0 aliphatic rings. The minimum Gasteiger partial charge on any atom is -0.360 e. The summed E-state index contributed by atoms with van der Waals surface area (Å²) in [5.41, 5.74) is 0.937. The molecule has 0 radical (unpaired) electrons. The Bertz CT molecular complexity index is 546. The number of nitrogens with one attached hydrogen (secondary N) is 1. The number of halogens is 1. The van der Waals surface area contributed by atoms with Crippen LogP contribution < -0.4 is 5.32 Å². The summed E-state index contributed by atoms with van der Waals surface area (Å²) in [5.74, 6) is 0.596. The van der Waals surface area contributed by atoms with Crippen LogP contribution in [0.5, 0.6) is 0 Å². The molecule has 1 N–H and O–H groups in total. The molecule has 0 aliphatic carbocycles. The maximum atomic E-state index is 11.9. The molecule has 1 aromatic carbocycles. The van der Waals surface area contributed by atoms with Crippen molar-refractivity contribution in [3.8, 4) is 0 Å². The average molecular weight is 265 g/mol. The fraction of sp³-hybridized carbons (Fsp3) is 0.231. The van der Waals surface area contributed by atoms with Crippen LogP contribution in [0.1, 0.15) is 36.0 Å². The number of hydrogen-bond acceptors (Lipinski definition) is 3. The highest BCUT2D eigenvalue weighted by atomic mass is 35.5. The molecule has 0 aliphatic heterocycles. The number of amides is 1. The Hall–Kier alpha value is -1.81. The van der Waals surface area contributed by atoms with E-state index in [2.05, 4.69) is 10.5 Å². The molecule has 1 heterocycles. The largest absolute Gasteiger partial charge is 0.360 e. The zero-order valence-corrected chi connectivity index (χ0v) is 10.9. The van der Waals surface area contributed by atoms with Crippen LogP contribution in [0.2, 0.25) is 5.02 Å². The highest BCUT2D eigenvalue weighted by Gasteiger charge is 2.14. The summed E-state index contributed by atoms with van der Waals surface area (Å²) < 4.78 is 5.07. The predicted molar refractivity (Wildman–Crippen MR) is 70.0 cm³/mol. The quantitative estimate of drug-likeness (QED) is 0.919. The number of carbonyl (C=O) groups excluding carboxylic acids is 1. The number of benzene rings is 1. The van der Waals surface area contributed by atoms with E-state index in [1.807, 2.05) is 13.8 Å². The number of nitrogens with zero attached hydrogens (tertiary/aromatic N) is 1. The van der Waals surface area contributed by atoms with Crippen molar-refractivity contribution in [3.05, 3.63) is 46.8 Å². The van der Waals surface area contributed by atoms with Crippen LogP contribution >= 0.6 is 11.6 Å². The predicted octanol–water partition coefficient (Wildman–Crippen LogP) is 3.70. The smallest absolute Gasteiger partial charge is 0.277 e. The second-order valence-electron chi connectivity index (χ2n) is 4.23. The lowest BCUT2D eigenvalue weighted by molar-refractivity contribution is 0.101. The molecule has 2 rings (SSSR count). The zero-order chi connectivity index (χ0) is 13.1. The van der Waals surface area contributed by atoms with Crippen molar-refractivity contribution in [2.75, 3.05) is 5.32 Å². The minimum atomic E-state index is -0.298. The standard InChI is InChI=1S/C13H13ClN2O2/c1-8(2)12-7-11(16-18-12)13(17)15-10-5-3-9(14)4-6-10/h3-8H,1-2H3,(H,15,17). The van der Waals surface area contributed by atoms with E-state index in [0.29, 0.717) is 16.5 Å². The molecule has 18 heavy (non-hydrogen) atoms. The maximum Gasteiger partial charge on any atom is 0.277 e. The van der Waals surface area contributed by atoms with Crippen LogP contribution in [0.15, 0.2) is 34.9 Å². The van der Waals surface area contributed by atoms with Gasteiger partial charge in [-0.15, -0.1) is 0 Å². The third-order valence-electron chi connectivity index (χ3n) is 2.43. The van der Waals surface area contributed by atoms with Crippen LogP contribution in [-0.4, -0.2) is 11.1 Å². The second-order valence-corrected chi connectivity index (χ2v) is 4.67. The van der Waals surface area contributed by atoms with E-state index in [0.717, 1.165) is 0 Å². The third-order valence-corrected chi connectivity index (χ3v) is 2.68. The number of anilines is 1. The first-order valence-corrected chi connectivity index (χ1v) is 5.97. The van der Waals surface area contributed by atoms with E-state index >= 15 is 0 Å². The molecule has 5 heteroatoms. The van der Waals surface area contributed by atoms with Gasteiger partial charge in [-0.25, -0.2) is 0 Å². The van der Waals surface area contributed by atoms with Crippen LogP contribution in [0, 0.1) is 0 Å². The summed E-state index contributed by atoms with van der Waals surface area (Å²) in [5, 5.41) is 7.08. The highest BCUT2D eigenvalue weighted by molar-refractivity contribution is 6.30. The minimum absolute atomic E-state index is 0.203. The lowest BCUT2D eigenvalue weighted by Gasteiger charge is -2.01. The Morgan fingerprint density at radius 1 is 1.33 bits per heavy atom. The fourth-order valence-electron chi connectivity index (χ4n) is 1.40. The van der Waals surface area contributed by atoms with Gasteiger partial charge < -0.3 is 9.84 Å². The highest BCUT2D eigenvalue weighted by Crippen LogP contribution is 2.17. The Kier molecular flexibility index (Phi) is 3.67. The van der Waals surface area contributed by atoms with Crippen LogP contribution in [-0.2, 0) is 0 Å². The van der Waals surface area contributed by atoms with Crippen molar-refractivity contribution in [1.29, 1.82) is 0 Å². The molecular weight excluding hydrogens is 252 g/mol. The molecule has 2 aromatic rings. The van der Waals surface area contributed by atoms with Gasteiger partial charge in [-0.1, -0.05) is 30.6 Å². The van der Waals surface area contributed by atoms with Crippen LogP contribution in [0.25, 0.3) is 0 Å². The van der Waals surface area contributed by atoms with Gasteiger partial charge in [0, 0.05) is 22.7 Å². The van der Waals surface area contributed by atoms with Gasteiger partial charge in [0.2, 0.25) is 0 Å². The van der Waals surface area contributed by atoms with E-state index in [1.165, 1.54) is 0 Å². The third kappa shape index (κ3) is 2.90. The van der Waals surface area contributed by atoms with E-state index in [1.54, 1.807) is 30.3 Å². The van der Waals surface area contributed by atoms with Gasteiger partial charge in [0.1, 0.15) is 5.76 Å². The summed E-state index contributed by atoms with van der Waals surface area (Å²) in [7, 11) is 0. The van der Waals surface area contributed by atoms with Gasteiger partial charge in [-0.05, 0) is 24.3 Å². The normalized spacial score (nSPS) is 10.7. The van der Waals surface area contributed by atoms with Gasteiger partial charge in [-0.2, -0.15) is 0 Å². The van der Waals surface area contributed by atoms with Gasteiger partial charge in [0.05, 0.1) is 0 Å². The lowest BCUT2D eigenvalue weighted by atomic mass is 10.1. The van der Waals surface area contributed by atoms with Gasteiger partial charge in [0.15, 0.2) is 5.69 Å². The van der Waals surface area contributed by atoms with E-state index in [-0.39, 0.29) is 17.5 Å². The van der Waals surface area contributed by atoms with Crippen LogP contribution in [0.4, 0.5) is 5.69 Å². The van der Waals surface area contributed by atoms with Crippen molar-refractivity contribution in [2.45, 2.75) is 19.8 Å². The summed E-state index contributed by atoms with van der Waals surface area (Å²) in [6.07, 6.45) is 0. The average Bonchev–Trinajstić information content (AvgIpc) is 2.81. The summed E-state index contributed by atoms with van der Waals surface area (Å²) in [6.45, 7) is 3.95. The lowest BCUT2D eigenvalue weighted by Crippen LogP contribution is -2.11. The molecule has 0 saturated carbocycles. The maximum absolute atomic E-state index is 11.9. The molecule has 0 unspecified atom stereocenters. The Balaban J connectivity index is 2.09. The van der Waals surface area contributed by atoms with E-state index in [9.17, 15) is 4.79 Å². The first-order valence-electron chi connectivity index (χ1n) is 5.60. The van der Waals surface area contributed by atoms with Gasteiger partial charge in [-0.3, -0.25) is 4.79 Å². The summed E-state index contributed by atoms with van der Waals surface area (Å²) >= 11 is 5.76. The SMILES string of the molecule is CC(C)c1cc(C(=O)Nc2ccc(Cl)cc2)no1. The van der Waals surface area contributed by atoms with Crippen molar-refractivity contribution in [1.82, 2.24) is 5.16 Å². The summed E-state index contributed by atoms with van der Waals surface area (Å²) in [6, 6.07) is 8.52. The molecule has 0 spiro atoms. The Labute approximate surface area is 110 Å². The van der Waals surface area contributed by atoms with E-state index in [4.69, 9.17) is 16.1 Å². The molecule has 0 saturated heterocycles. The number of rotatable bonds is 3. The van der Waals surface area contributed by atoms with Crippen molar-refractivity contribution in [3.63, 3.8) is 0 Å². The molecule has 0 atom stereocenters. The molecule has 0 bridgehead atoms. The molecular formula is C13H13ClN2O2. The molecule has 0 fully saturated rings. The summed E-state index contributed by atoms with van der Waals surface area (Å²) in [4.78, 5) is 11.9. The molecule has 1 amide bonds. The Morgan fingerprint density at radius 3 is 2.56 bits per heavy atom. The molecule has 1 aromatic heterocycles. The van der Waals surface area contributed by atoms with Gasteiger partial charge in [0.25, 0.3) is 5.91 Å². The number of hydrogen-bond donors (Lipinski definition) is 1. The van der Waals surface area contributed by atoms with Gasteiger partial charge >= 0.3 is 0 Å². The number of aromatic nitrogens is 1. The van der Waals surface area contributed by atoms with E-state index < -0.39 is 0 Å².